The fourth-order valence-corrected chi connectivity index (χ4v) is 2.90. The summed E-state index contributed by atoms with van der Waals surface area (Å²) in [5, 5.41) is 19.9. The molecule has 6 heteroatoms. The Labute approximate surface area is 160 Å². The number of fused-ring (bicyclic) bond motifs is 1. The van der Waals surface area contributed by atoms with Crippen molar-refractivity contribution in [2.45, 2.75) is 6.61 Å². The Kier molecular flexibility index (Phi) is 4.80. The molecule has 0 bridgehead atoms. The number of hydrogen-bond acceptors (Lipinski definition) is 6. The van der Waals surface area contributed by atoms with E-state index in [1.54, 1.807) is 30.3 Å². The topological polar surface area (TPSA) is 86.0 Å². The first-order valence-electron chi connectivity index (χ1n) is 8.61. The summed E-state index contributed by atoms with van der Waals surface area (Å²) in [5.41, 5.74) is 2.64. The van der Waals surface area contributed by atoms with Crippen molar-refractivity contribution in [1.29, 1.82) is 0 Å². The number of benzene rings is 3. The molecular weight excluding hydrogens is 358 g/mol. The van der Waals surface area contributed by atoms with Crippen LogP contribution in [0, 0.1) is 5.21 Å². The minimum atomic E-state index is -0.195. The standard InChI is InChI=1S/C22H16NO5/c24-22-19-11-10-18(27-13-15-6-8-17(9-7-15)23(25)26)12-21(19)28-14-20(22)16-4-2-1-3-5-16/h1-12,14,25H,13H2/q-1. The van der Waals surface area contributed by atoms with E-state index in [2.05, 4.69) is 0 Å². The van der Waals surface area contributed by atoms with Crippen LogP contribution >= 0.6 is 0 Å². The quantitative estimate of drug-likeness (QED) is 0.508. The predicted octanol–water partition coefficient (Wildman–Crippen LogP) is 4.73. The van der Waals surface area contributed by atoms with Crippen molar-refractivity contribution in [3.63, 3.8) is 0 Å². The van der Waals surface area contributed by atoms with Gasteiger partial charge in [0.05, 0.1) is 16.6 Å². The summed E-state index contributed by atoms with van der Waals surface area (Å²) >= 11 is 0. The molecule has 0 aliphatic heterocycles. The molecule has 0 atom stereocenters. The van der Waals surface area contributed by atoms with Crippen molar-refractivity contribution in [1.82, 2.24) is 0 Å². The summed E-state index contributed by atoms with van der Waals surface area (Å²) in [7, 11) is 0. The molecule has 28 heavy (non-hydrogen) atoms. The summed E-state index contributed by atoms with van der Waals surface area (Å²) in [4.78, 5) is 12.8. The van der Waals surface area contributed by atoms with Crippen molar-refractivity contribution < 1.29 is 14.4 Å². The van der Waals surface area contributed by atoms with Crippen LogP contribution in [0.4, 0.5) is 5.69 Å². The molecule has 4 aromatic rings. The van der Waals surface area contributed by atoms with Gasteiger partial charge in [0, 0.05) is 6.07 Å². The van der Waals surface area contributed by atoms with E-state index >= 15 is 0 Å². The van der Waals surface area contributed by atoms with Crippen molar-refractivity contribution >= 4 is 16.7 Å². The molecule has 4 rings (SSSR count). The SMILES string of the molecule is O=c1c(-c2ccccc2)coc2cc(OCc3ccc(N([O-])O)cc3)ccc12. The van der Waals surface area contributed by atoms with E-state index in [0.717, 1.165) is 11.1 Å². The molecule has 0 fully saturated rings. The van der Waals surface area contributed by atoms with Crippen molar-refractivity contribution in [2.24, 2.45) is 0 Å². The zero-order valence-corrected chi connectivity index (χ0v) is 14.7. The summed E-state index contributed by atoms with van der Waals surface area (Å²) < 4.78 is 11.4. The van der Waals surface area contributed by atoms with Gasteiger partial charge in [-0.25, -0.2) is 0 Å². The zero-order valence-electron chi connectivity index (χ0n) is 14.7. The molecule has 0 radical (unpaired) electrons. The van der Waals surface area contributed by atoms with E-state index in [1.807, 2.05) is 30.3 Å². The Balaban J connectivity index is 1.56. The molecule has 0 saturated heterocycles. The monoisotopic (exact) mass is 374 g/mol. The second kappa shape index (κ2) is 7.56. The van der Waals surface area contributed by atoms with E-state index in [9.17, 15) is 10.0 Å². The minimum absolute atomic E-state index is 0.0965. The van der Waals surface area contributed by atoms with Crippen LogP contribution in [0.5, 0.6) is 5.75 Å². The Morgan fingerprint density at radius 3 is 2.46 bits per heavy atom. The van der Waals surface area contributed by atoms with Crippen LogP contribution in [0.15, 0.2) is 88.3 Å². The van der Waals surface area contributed by atoms with Gasteiger partial charge in [0.15, 0.2) is 5.43 Å². The number of rotatable bonds is 5. The Bertz CT molecular complexity index is 1150. The number of hydrogen-bond donors (Lipinski definition) is 1. The van der Waals surface area contributed by atoms with Crippen LogP contribution in [0.1, 0.15) is 5.56 Å². The van der Waals surface area contributed by atoms with Gasteiger partial charge in [-0.2, -0.15) is 0 Å². The highest BCUT2D eigenvalue weighted by atomic mass is 16.8. The summed E-state index contributed by atoms with van der Waals surface area (Å²) in [6.07, 6.45) is 1.46. The normalized spacial score (nSPS) is 10.8. The Morgan fingerprint density at radius 2 is 1.75 bits per heavy atom. The molecule has 0 spiro atoms. The van der Waals surface area contributed by atoms with Gasteiger partial charge < -0.3 is 19.6 Å². The third-order valence-corrected chi connectivity index (χ3v) is 4.39. The molecule has 0 amide bonds. The average molecular weight is 374 g/mol. The van der Waals surface area contributed by atoms with Crippen molar-refractivity contribution in [3.8, 4) is 16.9 Å². The largest absolute Gasteiger partial charge is 0.733 e. The smallest absolute Gasteiger partial charge is 0.200 e. The second-order valence-electron chi connectivity index (χ2n) is 6.23. The second-order valence-corrected chi connectivity index (χ2v) is 6.23. The highest BCUT2D eigenvalue weighted by molar-refractivity contribution is 5.82. The summed E-state index contributed by atoms with van der Waals surface area (Å²) in [6.45, 7) is 0.266. The summed E-state index contributed by atoms with van der Waals surface area (Å²) in [6, 6.07) is 20.8. The van der Waals surface area contributed by atoms with Crippen LogP contribution in [0.2, 0.25) is 0 Å². The van der Waals surface area contributed by atoms with Crippen molar-refractivity contribution in [3.05, 3.63) is 100 Å². The van der Waals surface area contributed by atoms with Gasteiger partial charge in [-0.15, -0.1) is 0 Å². The molecule has 6 nitrogen and oxygen atoms in total. The van der Waals surface area contributed by atoms with Crippen LogP contribution in [-0.2, 0) is 6.61 Å². The molecule has 1 heterocycles. The molecule has 1 N–H and O–H groups in total. The number of nitrogens with zero attached hydrogens (tertiary/aromatic N) is 1. The molecule has 0 unspecified atom stereocenters. The first kappa shape index (κ1) is 17.8. The van der Waals surface area contributed by atoms with Crippen LogP contribution in [0.25, 0.3) is 22.1 Å². The first-order chi connectivity index (χ1) is 13.6. The Morgan fingerprint density at radius 1 is 1.00 bits per heavy atom. The highest BCUT2D eigenvalue weighted by Gasteiger charge is 2.10. The lowest BCUT2D eigenvalue weighted by Crippen LogP contribution is -2.07. The van der Waals surface area contributed by atoms with Gasteiger partial charge in [-0.3, -0.25) is 10.0 Å². The van der Waals surface area contributed by atoms with Crippen LogP contribution in [0.3, 0.4) is 0 Å². The fraction of sp³-hybridized carbons (Fsp3) is 0.0455. The molecule has 140 valence electrons. The maximum Gasteiger partial charge on any atom is 0.200 e. The molecule has 0 aliphatic carbocycles. The lowest BCUT2D eigenvalue weighted by atomic mass is 10.1. The third kappa shape index (κ3) is 3.59. The van der Waals surface area contributed by atoms with E-state index in [4.69, 9.17) is 14.4 Å². The average Bonchev–Trinajstić information content (AvgIpc) is 2.73. The fourth-order valence-electron chi connectivity index (χ4n) is 2.90. The molecule has 0 saturated carbocycles. The van der Waals surface area contributed by atoms with E-state index in [-0.39, 0.29) is 22.9 Å². The molecular formula is C22H16NO5-. The lowest BCUT2D eigenvalue weighted by Gasteiger charge is -2.21. The van der Waals surface area contributed by atoms with E-state index in [0.29, 0.717) is 22.3 Å². The maximum absolute atomic E-state index is 12.8. The minimum Gasteiger partial charge on any atom is -0.733 e. The van der Waals surface area contributed by atoms with Gasteiger partial charge in [0.1, 0.15) is 24.2 Å². The highest BCUT2D eigenvalue weighted by Crippen LogP contribution is 2.24. The van der Waals surface area contributed by atoms with E-state index < -0.39 is 0 Å². The van der Waals surface area contributed by atoms with Gasteiger partial charge in [0.25, 0.3) is 0 Å². The number of anilines is 1. The van der Waals surface area contributed by atoms with Gasteiger partial charge in [-0.05, 0) is 35.4 Å². The number of ether oxygens (including phenoxy) is 1. The third-order valence-electron chi connectivity index (χ3n) is 4.39. The van der Waals surface area contributed by atoms with Crippen LogP contribution < -0.4 is 15.4 Å². The maximum atomic E-state index is 12.8. The Hall–Kier alpha value is -3.61. The zero-order chi connectivity index (χ0) is 19.5. The van der Waals surface area contributed by atoms with Gasteiger partial charge in [-0.1, -0.05) is 42.5 Å². The van der Waals surface area contributed by atoms with Crippen molar-refractivity contribution in [2.75, 3.05) is 5.23 Å². The molecule has 1 aromatic heterocycles. The van der Waals surface area contributed by atoms with Crippen LogP contribution in [-0.4, -0.2) is 5.21 Å². The van der Waals surface area contributed by atoms with E-state index in [1.165, 1.54) is 18.4 Å². The molecule has 0 aliphatic rings. The lowest BCUT2D eigenvalue weighted by molar-refractivity contribution is 0.295. The van der Waals surface area contributed by atoms with Gasteiger partial charge in [0.2, 0.25) is 0 Å². The molecule has 3 aromatic carbocycles. The first-order valence-corrected chi connectivity index (χ1v) is 8.61. The predicted molar refractivity (Wildman–Crippen MR) is 106 cm³/mol. The van der Waals surface area contributed by atoms with Gasteiger partial charge >= 0.3 is 0 Å². The summed E-state index contributed by atoms with van der Waals surface area (Å²) in [5.74, 6) is 0.555.